The van der Waals surface area contributed by atoms with E-state index in [0.717, 1.165) is 12.8 Å². The van der Waals surface area contributed by atoms with Crippen molar-refractivity contribution in [3.63, 3.8) is 0 Å². The number of carbonyl (C=O) groups is 1. The third-order valence-corrected chi connectivity index (χ3v) is 3.57. The molecule has 1 unspecified atom stereocenters. The first kappa shape index (κ1) is 12.4. The van der Waals surface area contributed by atoms with Crippen LogP contribution in [-0.2, 0) is 9.53 Å². The highest BCUT2D eigenvalue weighted by molar-refractivity contribution is 5.97. The molecule has 5 heteroatoms. The molecule has 19 heavy (non-hydrogen) atoms. The Kier molecular flexibility index (Phi) is 3.38. The third kappa shape index (κ3) is 2.30. The highest BCUT2D eigenvalue weighted by Crippen LogP contribution is 2.35. The summed E-state index contributed by atoms with van der Waals surface area (Å²) in [7, 11) is 0. The van der Waals surface area contributed by atoms with Crippen LogP contribution >= 0.6 is 0 Å². The van der Waals surface area contributed by atoms with Crippen LogP contribution in [0.1, 0.15) is 12.8 Å². The molecule has 0 saturated carbocycles. The van der Waals surface area contributed by atoms with Crippen LogP contribution in [0.3, 0.4) is 0 Å². The molecule has 0 aromatic heterocycles. The smallest absolute Gasteiger partial charge is 0.232 e. The number of ether oxygens (including phenoxy) is 2. The summed E-state index contributed by atoms with van der Waals surface area (Å²) in [6.07, 6.45) is 1.69. The Bertz CT molecular complexity index is 486. The molecule has 4 nitrogen and oxygen atoms in total. The summed E-state index contributed by atoms with van der Waals surface area (Å²) < 4.78 is 24.7. The lowest BCUT2D eigenvalue weighted by molar-refractivity contribution is -0.126. The SMILES string of the molecule is O=C(C1CCCOC1)N1CCOc2cccc(F)c21. The Morgan fingerprint density at radius 1 is 1.37 bits per heavy atom. The quantitative estimate of drug-likeness (QED) is 0.779. The molecular formula is C14H16FNO3. The minimum Gasteiger partial charge on any atom is -0.489 e. The second-order valence-corrected chi connectivity index (χ2v) is 4.84. The van der Waals surface area contributed by atoms with Crippen molar-refractivity contribution in [3.8, 4) is 5.75 Å². The van der Waals surface area contributed by atoms with Gasteiger partial charge in [0.2, 0.25) is 5.91 Å². The van der Waals surface area contributed by atoms with Gasteiger partial charge in [0.1, 0.15) is 18.0 Å². The zero-order valence-electron chi connectivity index (χ0n) is 10.6. The first-order chi connectivity index (χ1) is 9.27. The summed E-state index contributed by atoms with van der Waals surface area (Å²) in [5.41, 5.74) is 0.268. The zero-order chi connectivity index (χ0) is 13.2. The number of para-hydroxylation sites is 1. The summed E-state index contributed by atoms with van der Waals surface area (Å²) in [4.78, 5) is 14.0. The number of anilines is 1. The highest BCUT2D eigenvalue weighted by atomic mass is 19.1. The average molecular weight is 265 g/mol. The standard InChI is InChI=1S/C14H16FNO3/c15-11-4-1-5-12-13(11)16(6-8-19-12)14(17)10-3-2-7-18-9-10/h1,4-5,10H,2-3,6-9H2. The van der Waals surface area contributed by atoms with Crippen LogP contribution in [0, 0.1) is 11.7 Å². The maximum Gasteiger partial charge on any atom is 0.232 e. The lowest BCUT2D eigenvalue weighted by Crippen LogP contribution is -2.44. The lowest BCUT2D eigenvalue weighted by Gasteiger charge is -2.33. The Morgan fingerprint density at radius 2 is 2.26 bits per heavy atom. The molecule has 0 spiro atoms. The number of nitrogens with zero attached hydrogens (tertiary/aromatic N) is 1. The average Bonchev–Trinajstić information content (AvgIpc) is 2.47. The number of halogens is 1. The van der Waals surface area contributed by atoms with Gasteiger partial charge in [-0.15, -0.1) is 0 Å². The molecule has 1 aromatic carbocycles. The number of hydrogen-bond donors (Lipinski definition) is 0. The van der Waals surface area contributed by atoms with Crippen molar-refractivity contribution in [2.45, 2.75) is 12.8 Å². The first-order valence-corrected chi connectivity index (χ1v) is 6.58. The van der Waals surface area contributed by atoms with Crippen LogP contribution in [0.25, 0.3) is 0 Å². The maximum absolute atomic E-state index is 13.9. The van der Waals surface area contributed by atoms with Gasteiger partial charge in [0.15, 0.2) is 5.82 Å². The normalized spacial score (nSPS) is 22.6. The van der Waals surface area contributed by atoms with E-state index in [0.29, 0.717) is 32.1 Å². The van der Waals surface area contributed by atoms with E-state index >= 15 is 0 Å². The third-order valence-electron chi connectivity index (χ3n) is 3.57. The van der Waals surface area contributed by atoms with E-state index in [1.807, 2.05) is 0 Å². The molecule has 2 aliphatic heterocycles. The molecule has 2 aliphatic rings. The fraction of sp³-hybridized carbons (Fsp3) is 0.500. The van der Waals surface area contributed by atoms with Crippen molar-refractivity contribution in [1.82, 2.24) is 0 Å². The molecule has 102 valence electrons. The van der Waals surface area contributed by atoms with Crippen molar-refractivity contribution in [2.75, 3.05) is 31.3 Å². The summed E-state index contributed by atoms with van der Waals surface area (Å²) in [5.74, 6) is -0.202. The number of amides is 1. The van der Waals surface area contributed by atoms with E-state index in [1.54, 1.807) is 12.1 Å². The van der Waals surface area contributed by atoms with E-state index in [2.05, 4.69) is 0 Å². The Hall–Kier alpha value is -1.62. The molecule has 1 amide bonds. The van der Waals surface area contributed by atoms with Crippen LogP contribution in [0.2, 0.25) is 0 Å². The number of carbonyl (C=O) groups excluding carboxylic acids is 1. The van der Waals surface area contributed by atoms with E-state index < -0.39 is 5.82 Å². The molecule has 1 fully saturated rings. The van der Waals surface area contributed by atoms with Gasteiger partial charge >= 0.3 is 0 Å². The predicted molar refractivity (Wildman–Crippen MR) is 67.8 cm³/mol. The molecule has 0 bridgehead atoms. The van der Waals surface area contributed by atoms with Gasteiger partial charge in [0.25, 0.3) is 0 Å². The molecule has 0 N–H and O–H groups in total. The molecular weight excluding hydrogens is 249 g/mol. The van der Waals surface area contributed by atoms with Gasteiger partial charge in [-0.25, -0.2) is 4.39 Å². The van der Waals surface area contributed by atoms with E-state index in [-0.39, 0.29) is 17.5 Å². The van der Waals surface area contributed by atoms with Crippen molar-refractivity contribution >= 4 is 11.6 Å². The molecule has 1 saturated heterocycles. The minimum absolute atomic E-state index is 0.0608. The Balaban J connectivity index is 1.88. The van der Waals surface area contributed by atoms with Gasteiger partial charge < -0.3 is 14.4 Å². The molecule has 3 rings (SSSR count). The summed E-state index contributed by atoms with van der Waals surface area (Å²) in [6, 6.07) is 4.63. The second-order valence-electron chi connectivity index (χ2n) is 4.84. The van der Waals surface area contributed by atoms with Gasteiger partial charge in [0.05, 0.1) is 19.1 Å². The monoisotopic (exact) mass is 265 g/mol. The Labute approximate surface area is 111 Å². The van der Waals surface area contributed by atoms with Gasteiger partial charge in [0, 0.05) is 6.61 Å². The van der Waals surface area contributed by atoms with Gasteiger partial charge in [-0.2, -0.15) is 0 Å². The minimum atomic E-state index is -0.415. The lowest BCUT2D eigenvalue weighted by atomic mass is 10.00. The van der Waals surface area contributed by atoms with Gasteiger partial charge in [-0.05, 0) is 25.0 Å². The molecule has 1 atom stereocenters. The number of benzene rings is 1. The van der Waals surface area contributed by atoms with Crippen LogP contribution in [0.4, 0.5) is 10.1 Å². The van der Waals surface area contributed by atoms with Gasteiger partial charge in [-0.3, -0.25) is 4.79 Å². The largest absolute Gasteiger partial charge is 0.489 e. The van der Waals surface area contributed by atoms with Crippen LogP contribution in [0.5, 0.6) is 5.75 Å². The van der Waals surface area contributed by atoms with Gasteiger partial charge in [-0.1, -0.05) is 6.07 Å². The fourth-order valence-corrected chi connectivity index (χ4v) is 2.61. The first-order valence-electron chi connectivity index (χ1n) is 6.58. The molecule has 2 heterocycles. The second kappa shape index (κ2) is 5.17. The van der Waals surface area contributed by atoms with Crippen LogP contribution in [0.15, 0.2) is 18.2 Å². The highest BCUT2D eigenvalue weighted by Gasteiger charge is 2.32. The number of hydrogen-bond acceptors (Lipinski definition) is 3. The Morgan fingerprint density at radius 3 is 3.05 bits per heavy atom. The van der Waals surface area contributed by atoms with E-state index in [1.165, 1.54) is 11.0 Å². The number of rotatable bonds is 1. The fourth-order valence-electron chi connectivity index (χ4n) is 2.61. The van der Waals surface area contributed by atoms with Crippen molar-refractivity contribution < 1.29 is 18.7 Å². The molecule has 1 aromatic rings. The van der Waals surface area contributed by atoms with E-state index in [9.17, 15) is 9.18 Å². The topological polar surface area (TPSA) is 38.8 Å². The van der Waals surface area contributed by atoms with Crippen molar-refractivity contribution in [3.05, 3.63) is 24.0 Å². The number of fused-ring (bicyclic) bond motifs is 1. The molecule has 0 aliphatic carbocycles. The zero-order valence-corrected chi connectivity index (χ0v) is 10.6. The summed E-state index contributed by atoms with van der Waals surface area (Å²) >= 11 is 0. The van der Waals surface area contributed by atoms with Crippen molar-refractivity contribution in [2.24, 2.45) is 5.92 Å². The van der Waals surface area contributed by atoms with Crippen LogP contribution in [-0.4, -0.2) is 32.3 Å². The molecule has 0 radical (unpaired) electrons. The predicted octanol–water partition coefficient (Wildman–Crippen LogP) is 1.98. The van der Waals surface area contributed by atoms with Crippen molar-refractivity contribution in [1.29, 1.82) is 0 Å². The summed E-state index contributed by atoms with van der Waals surface area (Å²) in [6.45, 7) is 1.93. The maximum atomic E-state index is 13.9. The van der Waals surface area contributed by atoms with Crippen LogP contribution < -0.4 is 9.64 Å². The van der Waals surface area contributed by atoms with E-state index in [4.69, 9.17) is 9.47 Å². The summed E-state index contributed by atoms with van der Waals surface area (Å²) in [5, 5.41) is 0.